The zero-order valence-electron chi connectivity index (χ0n) is 14.6. The monoisotopic (exact) mass is 431 g/mol. The molecule has 1 atom stereocenters. The number of carbonyl (C=O) groups is 3. The van der Waals surface area contributed by atoms with Gasteiger partial charge in [0, 0.05) is 15.6 Å². The van der Waals surface area contributed by atoms with E-state index >= 15 is 0 Å². The molecule has 1 N–H and O–H groups in total. The number of fused-ring (bicyclic) bond motifs is 1. The van der Waals surface area contributed by atoms with Gasteiger partial charge in [0.15, 0.2) is 11.4 Å². The van der Waals surface area contributed by atoms with Crippen molar-refractivity contribution in [2.45, 2.75) is 18.9 Å². The van der Waals surface area contributed by atoms with Crippen LogP contribution in [0.2, 0.25) is 0 Å². The lowest BCUT2D eigenvalue weighted by molar-refractivity contribution is -0.144. The van der Waals surface area contributed by atoms with Crippen LogP contribution in [0.25, 0.3) is 0 Å². The van der Waals surface area contributed by atoms with E-state index in [-0.39, 0.29) is 18.9 Å². The molecule has 140 valence electrons. The maximum absolute atomic E-state index is 13.0. The number of aliphatic hydroxyl groups is 1. The van der Waals surface area contributed by atoms with Gasteiger partial charge in [0.05, 0.1) is 18.7 Å². The van der Waals surface area contributed by atoms with E-state index in [2.05, 4.69) is 15.9 Å². The number of nitrogens with zero attached hydrogens (tertiary/aromatic N) is 1. The summed E-state index contributed by atoms with van der Waals surface area (Å²) in [5, 5.41) is 11.2. The van der Waals surface area contributed by atoms with E-state index in [1.54, 1.807) is 55.5 Å². The second-order valence-corrected chi connectivity index (χ2v) is 7.10. The molecule has 2 aromatic rings. The first-order valence-corrected chi connectivity index (χ1v) is 9.24. The number of ether oxygens (including phenoxy) is 1. The summed E-state index contributed by atoms with van der Waals surface area (Å²) >= 11 is 3.30. The van der Waals surface area contributed by atoms with Crippen molar-refractivity contribution >= 4 is 39.3 Å². The summed E-state index contributed by atoms with van der Waals surface area (Å²) in [6.07, 6.45) is -0.418. The zero-order chi connectivity index (χ0) is 19.6. The van der Waals surface area contributed by atoms with Crippen LogP contribution in [0.1, 0.15) is 29.3 Å². The van der Waals surface area contributed by atoms with Crippen LogP contribution in [0.15, 0.2) is 53.0 Å². The molecule has 27 heavy (non-hydrogen) atoms. The van der Waals surface area contributed by atoms with Gasteiger partial charge in [-0.05, 0) is 25.1 Å². The Bertz CT molecular complexity index is 913. The van der Waals surface area contributed by atoms with E-state index in [1.165, 1.54) is 4.90 Å². The van der Waals surface area contributed by atoms with Crippen LogP contribution in [-0.4, -0.2) is 35.9 Å². The molecule has 2 aromatic carbocycles. The molecule has 0 unspecified atom stereocenters. The van der Waals surface area contributed by atoms with E-state index in [9.17, 15) is 19.5 Å². The number of carbonyl (C=O) groups excluding carboxylic acids is 3. The Labute approximate surface area is 164 Å². The quantitative estimate of drug-likeness (QED) is 0.561. The Balaban J connectivity index is 1.93. The highest BCUT2D eigenvalue weighted by molar-refractivity contribution is 9.10. The molecule has 0 saturated heterocycles. The average molecular weight is 432 g/mol. The first-order valence-electron chi connectivity index (χ1n) is 8.45. The summed E-state index contributed by atoms with van der Waals surface area (Å²) in [5.41, 5.74) is -0.933. The summed E-state index contributed by atoms with van der Waals surface area (Å²) in [5.74, 6) is -1.66. The van der Waals surface area contributed by atoms with Gasteiger partial charge in [0.2, 0.25) is 0 Å². The summed E-state index contributed by atoms with van der Waals surface area (Å²) in [6, 6.07) is 13.3. The van der Waals surface area contributed by atoms with Gasteiger partial charge in [-0.25, -0.2) is 0 Å². The minimum atomic E-state index is -2.03. The Morgan fingerprint density at radius 3 is 2.63 bits per heavy atom. The fraction of sp³-hybridized carbons (Fsp3) is 0.250. The van der Waals surface area contributed by atoms with Crippen LogP contribution < -0.4 is 4.90 Å². The molecule has 1 heterocycles. The first kappa shape index (κ1) is 19.3. The number of halogens is 1. The van der Waals surface area contributed by atoms with E-state index in [1.807, 2.05) is 0 Å². The minimum absolute atomic E-state index is 0.189. The minimum Gasteiger partial charge on any atom is -0.465 e. The van der Waals surface area contributed by atoms with Gasteiger partial charge in [-0.2, -0.15) is 0 Å². The zero-order valence-corrected chi connectivity index (χ0v) is 16.2. The number of benzene rings is 2. The third-order valence-electron chi connectivity index (χ3n) is 4.39. The van der Waals surface area contributed by atoms with Crippen LogP contribution >= 0.6 is 15.9 Å². The third kappa shape index (κ3) is 3.65. The molecular weight excluding hydrogens is 414 g/mol. The first-order chi connectivity index (χ1) is 12.9. The molecule has 0 fully saturated rings. The largest absolute Gasteiger partial charge is 0.465 e. The Morgan fingerprint density at radius 2 is 1.93 bits per heavy atom. The van der Waals surface area contributed by atoms with Crippen molar-refractivity contribution in [3.05, 3.63) is 64.1 Å². The lowest BCUT2D eigenvalue weighted by atomic mass is 9.88. The standard InChI is InChI=1S/C20H18BrNO5/c1-2-27-18(24)12-22-16-9-4-3-8-15(16)20(26,19(22)25)11-17(23)13-6-5-7-14(21)10-13/h3-10,26H,2,11-12H2,1H3/t20-/m0/s1. The van der Waals surface area contributed by atoms with Crippen LogP contribution in [0.4, 0.5) is 5.69 Å². The smallest absolute Gasteiger partial charge is 0.326 e. The van der Waals surface area contributed by atoms with Crippen molar-refractivity contribution in [1.82, 2.24) is 0 Å². The molecule has 0 radical (unpaired) electrons. The Hall–Kier alpha value is -2.51. The van der Waals surface area contributed by atoms with Gasteiger partial charge in [0.25, 0.3) is 5.91 Å². The number of rotatable bonds is 6. The summed E-state index contributed by atoms with van der Waals surface area (Å²) in [6.45, 7) is 1.54. The molecule has 1 aliphatic rings. The van der Waals surface area contributed by atoms with Gasteiger partial charge in [-0.1, -0.05) is 46.3 Å². The molecule has 0 spiro atoms. The number of ketones is 1. The Morgan fingerprint density at radius 1 is 1.19 bits per heavy atom. The SMILES string of the molecule is CCOC(=O)CN1C(=O)[C@](O)(CC(=O)c2cccc(Br)c2)c2ccccc21. The van der Waals surface area contributed by atoms with Gasteiger partial charge >= 0.3 is 5.97 Å². The highest BCUT2D eigenvalue weighted by atomic mass is 79.9. The fourth-order valence-corrected chi connectivity index (χ4v) is 3.57. The molecule has 7 heteroatoms. The number of para-hydroxylation sites is 1. The maximum Gasteiger partial charge on any atom is 0.326 e. The lowest BCUT2D eigenvalue weighted by Gasteiger charge is -2.22. The number of hydrogen-bond donors (Lipinski definition) is 1. The predicted octanol–water partition coefficient (Wildman–Crippen LogP) is 2.82. The van der Waals surface area contributed by atoms with Crippen molar-refractivity contribution in [2.75, 3.05) is 18.1 Å². The van der Waals surface area contributed by atoms with Crippen molar-refractivity contribution in [3.8, 4) is 0 Å². The van der Waals surface area contributed by atoms with E-state index < -0.39 is 23.9 Å². The maximum atomic E-state index is 13.0. The third-order valence-corrected chi connectivity index (χ3v) is 4.89. The van der Waals surface area contributed by atoms with Crippen LogP contribution in [0.3, 0.4) is 0 Å². The molecule has 6 nitrogen and oxygen atoms in total. The van der Waals surface area contributed by atoms with Gasteiger partial charge < -0.3 is 9.84 Å². The van der Waals surface area contributed by atoms with Crippen molar-refractivity contribution in [2.24, 2.45) is 0 Å². The molecule has 0 aliphatic carbocycles. The van der Waals surface area contributed by atoms with Crippen LogP contribution in [0, 0.1) is 0 Å². The summed E-state index contributed by atoms with van der Waals surface area (Å²) in [7, 11) is 0. The Kier molecular flexibility index (Phi) is 5.43. The van der Waals surface area contributed by atoms with Gasteiger partial charge in [0.1, 0.15) is 6.54 Å². The molecule has 1 amide bonds. The van der Waals surface area contributed by atoms with Gasteiger partial charge in [-0.15, -0.1) is 0 Å². The topological polar surface area (TPSA) is 83.9 Å². The fourth-order valence-electron chi connectivity index (χ4n) is 3.17. The summed E-state index contributed by atoms with van der Waals surface area (Å²) < 4.78 is 5.64. The summed E-state index contributed by atoms with van der Waals surface area (Å²) in [4.78, 5) is 38.7. The number of anilines is 1. The molecule has 0 aromatic heterocycles. The van der Waals surface area contributed by atoms with Crippen molar-refractivity contribution in [3.63, 3.8) is 0 Å². The molecule has 0 bridgehead atoms. The molecule has 0 saturated carbocycles. The lowest BCUT2D eigenvalue weighted by Crippen LogP contribution is -2.44. The van der Waals surface area contributed by atoms with E-state index in [4.69, 9.17) is 4.74 Å². The van der Waals surface area contributed by atoms with Crippen LogP contribution in [0.5, 0.6) is 0 Å². The highest BCUT2D eigenvalue weighted by Gasteiger charge is 2.51. The van der Waals surface area contributed by atoms with E-state index in [0.717, 1.165) is 4.47 Å². The molecular formula is C20H18BrNO5. The van der Waals surface area contributed by atoms with Crippen molar-refractivity contribution < 1.29 is 24.2 Å². The normalized spacial score (nSPS) is 18.3. The number of esters is 1. The van der Waals surface area contributed by atoms with Crippen LogP contribution in [-0.2, 0) is 19.9 Å². The molecule has 3 rings (SSSR count). The molecule has 1 aliphatic heterocycles. The highest BCUT2D eigenvalue weighted by Crippen LogP contribution is 2.42. The number of amides is 1. The van der Waals surface area contributed by atoms with Gasteiger partial charge in [-0.3, -0.25) is 19.3 Å². The average Bonchev–Trinajstić information content (AvgIpc) is 2.84. The second-order valence-electron chi connectivity index (χ2n) is 6.18. The van der Waals surface area contributed by atoms with Crippen molar-refractivity contribution in [1.29, 1.82) is 0 Å². The van der Waals surface area contributed by atoms with E-state index in [0.29, 0.717) is 16.8 Å². The number of hydrogen-bond acceptors (Lipinski definition) is 5. The number of Topliss-reactive ketones (excluding diaryl/α,β-unsaturated/α-hetero) is 1. The second kappa shape index (κ2) is 7.62. The predicted molar refractivity (Wildman–Crippen MR) is 102 cm³/mol.